The third kappa shape index (κ3) is 9.42. The number of ketones is 1. The zero-order valence-corrected chi connectivity index (χ0v) is 31.3. The molecule has 4 amide bonds. The number of benzene rings is 1. The van der Waals surface area contributed by atoms with Crippen molar-refractivity contribution in [2.75, 3.05) is 6.54 Å². The lowest BCUT2D eigenvalue weighted by Crippen LogP contribution is -2.60. The van der Waals surface area contributed by atoms with E-state index in [-0.39, 0.29) is 32.5 Å². The molecule has 290 valence electrons. The molecule has 15 nitrogen and oxygen atoms in total. The maximum Gasteiger partial charge on any atom is 0.410 e. The van der Waals surface area contributed by atoms with E-state index < -0.39 is 98.8 Å². The van der Waals surface area contributed by atoms with Gasteiger partial charge in [-0.05, 0) is 71.6 Å². The van der Waals surface area contributed by atoms with Crippen molar-refractivity contribution in [3.05, 3.63) is 59.4 Å². The number of ether oxygens (including phenoxy) is 2. The summed E-state index contributed by atoms with van der Waals surface area (Å²) < 4.78 is 53.0. The van der Waals surface area contributed by atoms with Crippen molar-refractivity contribution < 1.29 is 51.4 Å². The number of sulfonamides is 1. The number of fused-ring (bicyclic) bond motifs is 1. The molecular formula is C36H48FN5O10S. The Labute approximate surface area is 308 Å². The minimum absolute atomic E-state index is 0.0392. The molecule has 2 saturated carbocycles. The topological polar surface area (TPSA) is 201 Å². The van der Waals surface area contributed by atoms with Gasteiger partial charge in [-0.1, -0.05) is 23.8 Å². The molecule has 0 aromatic heterocycles. The van der Waals surface area contributed by atoms with Gasteiger partial charge in [0.25, 0.3) is 5.91 Å². The van der Waals surface area contributed by atoms with Gasteiger partial charge in [0.15, 0.2) is 5.78 Å². The number of aliphatic hydroxyl groups is 1. The van der Waals surface area contributed by atoms with Crippen LogP contribution in [0.25, 0.3) is 0 Å². The first-order valence-electron chi connectivity index (χ1n) is 17.6. The van der Waals surface area contributed by atoms with Gasteiger partial charge >= 0.3 is 12.2 Å². The van der Waals surface area contributed by atoms with Crippen molar-refractivity contribution in [2.24, 2.45) is 5.92 Å². The maximum atomic E-state index is 14.4. The van der Waals surface area contributed by atoms with Gasteiger partial charge in [-0.2, -0.15) is 0 Å². The number of allylic oxidation sites excluding steroid dienone is 2. The first-order chi connectivity index (χ1) is 24.7. The van der Waals surface area contributed by atoms with E-state index in [2.05, 4.69) is 21.9 Å². The molecule has 5 rings (SSSR count). The van der Waals surface area contributed by atoms with Crippen molar-refractivity contribution in [2.45, 2.75) is 121 Å². The number of amides is 4. The highest BCUT2D eigenvalue weighted by molar-refractivity contribution is 7.91. The van der Waals surface area contributed by atoms with Gasteiger partial charge in [0.2, 0.25) is 15.9 Å². The average molecular weight is 762 g/mol. The number of hydrogen-bond acceptors (Lipinski definition) is 11. The van der Waals surface area contributed by atoms with Crippen LogP contribution in [0.5, 0.6) is 0 Å². The van der Waals surface area contributed by atoms with Gasteiger partial charge in [0.1, 0.15) is 35.3 Å². The number of likely N-dealkylation sites (tertiary alicyclic amines) is 1. The van der Waals surface area contributed by atoms with E-state index in [0.29, 0.717) is 29.5 Å². The van der Waals surface area contributed by atoms with E-state index in [1.54, 1.807) is 40.7 Å². The van der Waals surface area contributed by atoms with Crippen LogP contribution < -0.4 is 15.4 Å². The standard InChI is InChI=1S/C36H48FN5O10S/c1-7-22-16-36(22,32(46)40-53(49,50)25-11-12-25)39-30(44)29-15-24(51-34(48)41-17-21-9-8-10-27(37)26(21)19-41)18-42(29)31(45)28(14-23(43)13-20(2)3)38-33(47)52-35(4,5)6/h7-10,13,22,24-25,28-30,39,44H,1,11-12,14-19H2,2-6H3,(H,38,47)(H,40,46)/t22-,24-,28?,29?,30?,36-/m1/s1. The summed E-state index contributed by atoms with van der Waals surface area (Å²) in [4.78, 5) is 69.4. The van der Waals surface area contributed by atoms with Crippen LogP contribution in [-0.4, -0.2) is 100 Å². The highest BCUT2D eigenvalue weighted by atomic mass is 32.2. The molecule has 3 unspecified atom stereocenters. The number of carbonyl (C=O) groups excluding carboxylic acids is 5. The molecule has 0 spiro atoms. The summed E-state index contributed by atoms with van der Waals surface area (Å²) in [5, 5.41) is 16.3. The molecular weight excluding hydrogens is 713 g/mol. The van der Waals surface area contributed by atoms with Gasteiger partial charge in [-0.15, -0.1) is 6.58 Å². The lowest BCUT2D eigenvalue weighted by atomic mass is 10.1. The molecule has 1 aromatic carbocycles. The third-order valence-electron chi connectivity index (χ3n) is 9.56. The van der Waals surface area contributed by atoms with E-state index >= 15 is 0 Å². The zero-order chi connectivity index (χ0) is 39.0. The lowest BCUT2D eigenvalue weighted by molar-refractivity contribution is -0.139. The normalized spacial score (nSPS) is 24.7. The summed E-state index contributed by atoms with van der Waals surface area (Å²) in [7, 11) is -3.94. The zero-order valence-electron chi connectivity index (χ0n) is 30.5. The highest BCUT2D eigenvalue weighted by Gasteiger charge is 2.61. The molecule has 2 aliphatic carbocycles. The minimum atomic E-state index is -3.94. The predicted octanol–water partition coefficient (Wildman–Crippen LogP) is 2.53. The summed E-state index contributed by atoms with van der Waals surface area (Å²) in [6.07, 6.45) is -1.39. The van der Waals surface area contributed by atoms with Crippen LogP contribution in [0.1, 0.15) is 77.8 Å². The van der Waals surface area contributed by atoms with Crippen molar-refractivity contribution in [1.29, 1.82) is 0 Å². The van der Waals surface area contributed by atoms with E-state index in [4.69, 9.17) is 9.47 Å². The molecule has 53 heavy (non-hydrogen) atoms. The molecule has 2 aliphatic heterocycles. The molecule has 17 heteroatoms. The average Bonchev–Trinajstić information content (AvgIpc) is 3.93. The van der Waals surface area contributed by atoms with E-state index in [1.807, 2.05) is 0 Å². The summed E-state index contributed by atoms with van der Waals surface area (Å²) in [5.74, 6) is -3.19. The molecule has 4 aliphatic rings. The Morgan fingerprint density at radius 3 is 2.43 bits per heavy atom. The van der Waals surface area contributed by atoms with E-state index in [9.17, 15) is 41.9 Å². The summed E-state index contributed by atoms with van der Waals surface area (Å²) in [6.45, 7) is 11.8. The molecule has 1 aromatic rings. The fraction of sp³-hybridized carbons (Fsp3) is 0.583. The Bertz CT molecular complexity index is 1800. The minimum Gasteiger partial charge on any atom is -0.444 e. The molecule has 6 atom stereocenters. The molecule has 3 fully saturated rings. The van der Waals surface area contributed by atoms with E-state index in [0.717, 1.165) is 4.90 Å². The number of nitrogens with zero attached hydrogens (tertiary/aromatic N) is 2. The number of halogens is 1. The van der Waals surface area contributed by atoms with Crippen molar-refractivity contribution in [3.63, 3.8) is 0 Å². The van der Waals surface area contributed by atoms with Gasteiger partial charge in [-0.25, -0.2) is 22.4 Å². The van der Waals surface area contributed by atoms with Crippen LogP contribution in [0.4, 0.5) is 14.0 Å². The Hall–Kier alpha value is -4.35. The predicted molar refractivity (Wildman–Crippen MR) is 189 cm³/mol. The van der Waals surface area contributed by atoms with Crippen molar-refractivity contribution in [1.82, 2.24) is 25.2 Å². The lowest BCUT2D eigenvalue weighted by Gasteiger charge is -2.33. The Morgan fingerprint density at radius 2 is 1.85 bits per heavy atom. The largest absolute Gasteiger partial charge is 0.444 e. The fourth-order valence-electron chi connectivity index (χ4n) is 6.73. The van der Waals surface area contributed by atoms with Crippen LogP contribution in [0.15, 0.2) is 42.5 Å². The molecule has 4 N–H and O–H groups in total. The van der Waals surface area contributed by atoms with Crippen molar-refractivity contribution >= 4 is 39.8 Å². The van der Waals surface area contributed by atoms with Crippen LogP contribution >= 0.6 is 0 Å². The Kier molecular flexibility index (Phi) is 11.4. The SMILES string of the molecule is C=C[C@@H]1C[C@]1(NC(O)C1C[C@@H](OC(=O)N2Cc3cccc(F)c3C2)CN1C(=O)C(CC(=O)C=C(C)C)NC(=O)OC(C)(C)C)C(=O)NS(=O)(=O)C1CC1. The number of rotatable bonds is 13. The monoisotopic (exact) mass is 761 g/mol. The summed E-state index contributed by atoms with van der Waals surface area (Å²) >= 11 is 0. The van der Waals surface area contributed by atoms with Gasteiger partial charge in [-0.3, -0.25) is 29.3 Å². The van der Waals surface area contributed by atoms with Crippen LogP contribution in [0.3, 0.4) is 0 Å². The Balaban J connectivity index is 1.40. The quantitative estimate of drug-likeness (QED) is 0.131. The second kappa shape index (κ2) is 15.2. The molecule has 0 bridgehead atoms. The van der Waals surface area contributed by atoms with Crippen LogP contribution in [-0.2, 0) is 47.0 Å². The molecule has 1 saturated heterocycles. The number of aliphatic hydroxyl groups excluding tert-OH is 1. The van der Waals surface area contributed by atoms with Gasteiger partial charge in [0.05, 0.1) is 24.4 Å². The second-order valence-corrected chi connectivity index (χ2v) is 17.4. The maximum absolute atomic E-state index is 14.4. The van der Waals surface area contributed by atoms with Gasteiger partial charge in [0, 0.05) is 30.9 Å². The Morgan fingerprint density at radius 1 is 1.15 bits per heavy atom. The highest BCUT2D eigenvalue weighted by Crippen LogP contribution is 2.46. The van der Waals surface area contributed by atoms with E-state index in [1.165, 1.54) is 29.2 Å². The molecule has 2 heterocycles. The third-order valence-corrected chi connectivity index (χ3v) is 11.4. The van der Waals surface area contributed by atoms with Crippen LogP contribution in [0, 0.1) is 11.7 Å². The first kappa shape index (κ1) is 39.8. The van der Waals surface area contributed by atoms with Gasteiger partial charge < -0.3 is 24.8 Å². The number of carbonyl (C=O) groups is 5. The second-order valence-electron chi connectivity index (χ2n) is 15.4. The number of nitrogens with one attached hydrogen (secondary N) is 3. The smallest absolute Gasteiger partial charge is 0.410 e. The van der Waals surface area contributed by atoms with Crippen molar-refractivity contribution in [3.8, 4) is 0 Å². The fourth-order valence-corrected chi connectivity index (χ4v) is 8.09. The summed E-state index contributed by atoms with van der Waals surface area (Å²) in [6, 6.07) is 1.85. The first-order valence-corrected chi connectivity index (χ1v) is 19.1. The number of hydrogen-bond donors (Lipinski definition) is 4. The molecule has 0 radical (unpaired) electrons. The number of alkyl carbamates (subject to hydrolysis) is 1. The summed E-state index contributed by atoms with van der Waals surface area (Å²) in [5.41, 5.74) is -0.889. The van der Waals surface area contributed by atoms with Crippen LogP contribution in [0.2, 0.25) is 0 Å².